The van der Waals surface area contributed by atoms with Gasteiger partial charge in [-0.05, 0) is 17.7 Å². The van der Waals surface area contributed by atoms with Gasteiger partial charge in [0.2, 0.25) is 0 Å². The third kappa shape index (κ3) is 3.57. The lowest BCUT2D eigenvalue weighted by Gasteiger charge is -2.30. The zero-order chi connectivity index (χ0) is 16.1. The van der Waals surface area contributed by atoms with E-state index in [0.29, 0.717) is 37.6 Å². The summed E-state index contributed by atoms with van der Waals surface area (Å²) in [5.74, 6) is 0.154. The van der Waals surface area contributed by atoms with E-state index < -0.39 is 11.9 Å². The number of Topliss-reactive ketones (excluding diaryl/α,β-unsaturated/α-hetero) is 1. The van der Waals surface area contributed by atoms with E-state index >= 15 is 0 Å². The first-order valence-corrected chi connectivity index (χ1v) is 7.12. The lowest BCUT2D eigenvalue weighted by Crippen LogP contribution is -2.44. The molecule has 1 aliphatic heterocycles. The third-order valence-corrected chi connectivity index (χ3v) is 3.84. The molecule has 1 saturated heterocycles. The van der Waals surface area contributed by atoms with Gasteiger partial charge in [-0.3, -0.25) is 14.5 Å². The highest BCUT2D eigenvalue weighted by Gasteiger charge is 2.33. The first-order chi connectivity index (χ1) is 10.6. The molecule has 6 nitrogen and oxygen atoms in total. The van der Waals surface area contributed by atoms with Gasteiger partial charge in [0.05, 0.1) is 21.3 Å². The van der Waals surface area contributed by atoms with E-state index in [4.69, 9.17) is 14.2 Å². The fourth-order valence-electron chi connectivity index (χ4n) is 2.62. The Morgan fingerprint density at radius 1 is 1.23 bits per heavy atom. The van der Waals surface area contributed by atoms with Gasteiger partial charge in [0, 0.05) is 26.1 Å². The molecule has 1 atom stereocenters. The maximum absolute atomic E-state index is 11.8. The Morgan fingerprint density at radius 3 is 2.59 bits per heavy atom. The van der Waals surface area contributed by atoms with Crippen LogP contribution in [-0.4, -0.2) is 51.1 Å². The number of hydrogen-bond acceptors (Lipinski definition) is 6. The van der Waals surface area contributed by atoms with Crippen molar-refractivity contribution >= 4 is 11.8 Å². The molecule has 1 fully saturated rings. The lowest BCUT2D eigenvalue weighted by atomic mass is 9.96. The maximum atomic E-state index is 11.8. The summed E-state index contributed by atoms with van der Waals surface area (Å²) in [5, 5.41) is 0. The van der Waals surface area contributed by atoms with Crippen molar-refractivity contribution < 1.29 is 23.8 Å². The normalized spacial score (nSPS) is 18.9. The van der Waals surface area contributed by atoms with E-state index in [1.165, 1.54) is 7.11 Å². The average molecular weight is 307 g/mol. The summed E-state index contributed by atoms with van der Waals surface area (Å²) in [6.07, 6.45) is 0.368. The molecule has 0 aliphatic carbocycles. The van der Waals surface area contributed by atoms with E-state index in [1.807, 2.05) is 18.2 Å². The number of likely N-dealkylation sites (tertiary alicyclic amines) is 1. The van der Waals surface area contributed by atoms with Gasteiger partial charge in [-0.25, -0.2) is 0 Å². The van der Waals surface area contributed by atoms with Crippen molar-refractivity contribution in [1.82, 2.24) is 4.90 Å². The minimum Gasteiger partial charge on any atom is -0.493 e. The van der Waals surface area contributed by atoms with Crippen LogP contribution >= 0.6 is 0 Å². The molecule has 1 aromatic carbocycles. The van der Waals surface area contributed by atoms with E-state index in [9.17, 15) is 9.59 Å². The van der Waals surface area contributed by atoms with Crippen molar-refractivity contribution in [3.05, 3.63) is 23.8 Å². The summed E-state index contributed by atoms with van der Waals surface area (Å²) in [6.45, 7) is 1.67. The van der Waals surface area contributed by atoms with Crippen LogP contribution in [0.1, 0.15) is 12.0 Å². The van der Waals surface area contributed by atoms with Crippen LogP contribution in [0.5, 0.6) is 11.5 Å². The van der Waals surface area contributed by atoms with Gasteiger partial charge < -0.3 is 14.2 Å². The quantitative estimate of drug-likeness (QED) is 0.603. The molecule has 1 aliphatic rings. The highest BCUT2D eigenvalue weighted by Crippen LogP contribution is 2.28. The van der Waals surface area contributed by atoms with Crippen molar-refractivity contribution in [1.29, 1.82) is 0 Å². The van der Waals surface area contributed by atoms with Crippen LogP contribution in [0, 0.1) is 5.92 Å². The fraction of sp³-hybridized carbons (Fsp3) is 0.500. The zero-order valence-corrected chi connectivity index (χ0v) is 13.1. The third-order valence-electron chi connectivity index (χ3n) is 3.84. The molecule has 0 aromatic heterocycles. The van der Waals surface area contributed by atoms with Gasteiger partial charge >= 0.3 is 5.97 Å². The number of piperidine rings is 1. The molecule has 0 radical (unpaired) electrons. The molecule has 0 amide bonds. The van der Waals surface area contributed by atoms with E-state index in [0.717, 1.165) is 5.56 Å². The monoisotopic (exact) mass is 307 g/mol. The number of hydrogen-bond donors (Lipinski definition) is 0. The number of carbonyl (C=O) groups excluding carboxylic acids is 2. The predicted molar refractivity (Wildman–Crippen MR) is 80.0 cm³/mol. The minimum atomic E-state index is -0.682. The Bertz CT molecular complexity index is 549. The molecule has 1 heterocycles. The summed E-state index contributed by atoms with van der Waals surface area (Å²) in [4.78, 5) is 25.5. The van der Waals surface area contributed by atoms with Crippen molar-refractivity contribution in [2.45, 2.75) is 13.0 Å². The Kier molecular flexibility index (Phi) is 5.38. The summed E-state index contributed by atoms with van der Waals surface area (Å²) >= 11 is 0. The van der Waals surface area contributed by atoms with Crippen LogP contribution in [-0.2, 0) is 20.9 Å². The smallest absolute Gasteiger partial charge is 0.317 e. The van der Waals surface area contributed by atoms with Gasteiger partial charge in [-0.15, -0.1) is 0 Å². The Balaban J connectivity index is 2.07. The van der Waals surface area contributed by atoms with Crippen molar-refractivity contribution in [2.75, 3.05) is 34.4 Å². The Labute approximate surface area is 129 Å². The van der Waals surface area contributed by atoms with Crippen molar-refractivity contribution in [3.8, 4) is 11.5 Å². The number of rotatable bonds is 5. The van der Waals surface area contributed by atoms with E-state index in [1.54, 1.807) is 14.2 Å². The number of esters is 1. The standard InChI is InChI=1S/C16H21NO5/c1-20-14-5-4-11(8-15(14)21-2)9-17-7-6-13(18)12(10-17)16(19)22-3/h4-5,8,12H,6-7,9-10H2,1-3H3. The highest BCUT2D eigenvalue weighted by atomic mass is 16.5. The number of benzene rings is 1. The molecule has 0 bridgehead atoms. The first kappa shape index (κ1) is 16.3. The van der Waals surface area contributed by atoms with Crippen LogP contribution in [0.3, 0.4) is 0 Å². The van der Waals surface area contributed by atoms with Crippen molar-refractivity contribution in [2.24, 2.45) is 5.92 Å². The van der Waals surface area contributed by atoms with Gasteiger partial charge in [0.25, 0.3) is 0 Å². The molecular weight excluding hydrogens is 286 g/mol. The van der Waals surface area contributed by atoms with Crippen LogP contribution in [0.25, 0.3) is 0 Å². The molecule has 1 aromatic rings. The summed E-state index contributed by atoms with van der Waals surface area (Å²) in [7, 11) is 4.49. The molecule has 2 rings (SSSR count). The predicted octanol–water partition coefficient (Wildman–Crippen LogP) is 1.27. The summed E-state index contributed by atoms with van der Waals surface area (Å²) in [5.41, 5.74) is 1.04. The van der Waals surface area contributed by atoms with Gasteiger partial charge in [-0.2, -0.15) is 0 Å². The van der Waals surface area contributed by atoms with Gasteiger partial charge in [0.15, 0.2) is 11.5 Å². The lowest BCUT2D eigenvalue weighted by molar-refractivity contribution is -0.152. The number of ketones is 1. The second kappa shape index (κ2) is 7.26. The molecule has 1 unspecified atom stereocenters. The maximum Gasteiger partial charge on any atom is 0.317 e. The molecule has 6 heteroatoms. The second-order valence-corrected chi connectivity index (χ2v) is 5.22. The molecule has 120 valence electrons. The number of methoxy groups -OCH3 is 3. The van der Waals surface area contributed by atoms with Crippen molar-refractivity contribution in [3.63, 3.8) is 0 Å². The Morgan fingerprint density at radius 2 is 1.95 bits per heavy atom. The van der Waals surface area contributed by atoms with Crippen LogP contribution in [0.15, 0.2) is 18.2 Å². The zero-order valence-electron chi connectivity index (χ0n) is 13.1. The Hall–Kier alpha value is -2.08. The number of carbonyl (C=O) groups is 2. The minimum absolute atomic E-state index is 0.0459. The second-order valence-electron chi connectivity index (χ2n) is 5.22. The van der Waals surface area contributed by atoms with E-state index in [-0.39, 0.29) is 5.78 Å². The van der Waals surface area contributed by atoms with Gasteiger partial charge in [0.1, 0.15) is 11.7 Å². The largest absolute Gasteiger partial charge is 0.493 e. The van der Waals surface area contributed by atoms with Crippen LogP contribution < -0.4 is 9.47 Å². The first-order valence-electron chi connectivity index (χ1n) is 7.12. The average Bonchev–Trinajstić information content (AvgIpc) is 2.55. The van der Waals surface area contributed by atoms with Crippen LogP contribution in [0.2, 0.25) is 0 Å². The SMILES string of the molecule is COC(=O)C1CN(Cc2ccc(OC)c(OC)c2)CCC1=O. The molecule has 0 spiro atoms. The fourth-order valence-corrected chi connectivity index (χ4v) is 2.62. The molecule has 0 N–H and O–H groups in total. The molecular formula is C16H21NO5. The topological polar surface area (TPSA) is 65.1 Å². The number of nitrogens with zero attached hydrogens (tertiary/aromatic N) is 1. The highest BCUT2D eigenvalue weighted by molar-refractivity contribution is 5.99. The molecule has 22 heavy (non-hydrogen) atoms. The summed E-state index contributed by atoms with van der Waals surface area (Å²) < 4.78 is 15.2. The molecule has 0 saturated carbocycles. The van der Waals surface area contributed by atoms with Gasteiger partial charge in [-0.1, -0.05) is 6.07 Å². The summed E-state index contributed by atoms with van der Waals surface area (Å²) in [6, 6.07) is 5.70. The number of ether oxygens (including phenoxy) is 3. The van der Waals surface area contributed by atoms with Crippen LogP contribution in [0.4, 0.5) is 0 Å². The van der Waals surface area contributed by atoms with E-state index in [2.05, 4.69) is 4.90 Å².